The average molecular weight is 334 g/mol. The minimum absolute atomic E-state index is 0.155. The van der Waals surface area contributed by atoms with Crippen molar-refractivity contribution in [2.45, 2.75) is 12.6 Å². The maximum absolute atomic E-state index is 13.3. The Morgan fingerprint density at radius 2 is 2.04 bits per heavy atom. The monoisotopic (exact) mass is 334 g/mol. The van der Waals surface area contributed by atoms with E-state index in [0.29, 0.717) is 5.65 Å². The molecule has 25 heavy (non-hydrogen) atoms. The van der Waals surface area contributed by atoms with Gasteiger partial charge in [0, 0.05) is 17.9 Å². The van der Waals surface area contributed by atoms with Crippen LogP contribution >= 0.6 is 0 Å². The number of nitrogens with zero attached hydrogens (tertiary/aromatic N) is 2. The van der Waals surface area contributed by atoms with Gasteiger partial charge >= 0.3 is 0 Å². The van der Waals surface area contributed by atoms with Crippen molar-refractivity contribution in [3.63, 3.8) is 0 Å². The number of fused-ring (bicyclic) bond motifs is 2. The van der Waals surface area contributed by atoms with Gasteiger partial charge in [-0.15, -0.1) is 0 Å². The molecule has 3 heterocycles. The van der Waals surface area contributed by atoms with Crippen LogP contribution in [-0.2, 0) is 0 Å². The van der Waals surface area contributed by atoms with Crippen LogP contribution < -0.4 is 5.73 Å². The summed E-state index contributed by atoms with van der Waals surface area (Å²) < 4.78 is 15.0. The Morgan fingerprint density at radius 1 is 1.24 bits per heavy atom. The van der Waals surface area contributed by atoms with Gasteiger partial charge in [-0.1, -0.05) is 6.07 Å². The highest BCUT2D eigenvalue weighted by Crippen LogP contribution is 2.38. The van der Waals surface area contributed by atoms with Crippen LogP contribution in [0.1, 0.15) is 16.9 Å². The highest BCUT2D eigenvalue weighted by Gasteiger charge is 2.45. The first kappa shape index (κ1) is 14.2. The van der Waals surface area contributed by atoms with Crippen LogP contribution in [0.3, 0.4) is 0 Å². The van der Waals surface area contributed by atoms with Gasteiger partial charge in [0.1, 0.15) is 17.5 Å². The SMILES string of the molecule is Nc1nc2ccc(-c3ccc4[nH]ccc4c3)cn2c1C(=O)[C@H]1C[C@H]1F. The Labute approximate surface area is 142 Å². The third kappa shape index (κ3) is 2.14. The number of alkyl halides is 1. The lowest BCUT2D eigenvalue weighted by Crippen LogP contribution is -2.10. The van der Waals surface area contributed by atoms with Crippen LogP contribution in [0.15, 0.2) is 48.8 Å². The molecule has 1 saturated carbocycles. The molecule has 0 saturated heterocycles. The molecule has 0 unspecified atom stereocenters. The largest absolute Gasteiger partial charge is 0.382 e. The van der Waals surface area contributed by atoms with Gasteiger partial charge < -0.3 is 10.7 Å². The van der Waals surface area contributed by atoms with Crippen molar-refractivity contribution in [1.29, 1.82) is 0 Å². The number of hydrogen-bond acceptors (Lipinski definition) is 3. The number of aromatic amines is 1. The summed E-state index contributed by atoms with van der Waals surface area (Å²) in [4.78, 5) is 19.9. The maximum atomic E-state index is 13.3. The minimum atomic E-state index is -1.06. The molecule has 124 valence electrons. The van der Waals surface area contributed by atoms with Crippen LogP contribution in [0.5, 0.6) is 0 Å². The molecule has 0 radical (unpaired) electrons. The summed E-state index contributed by atoms with van der Waals surface area (Å²) in [5.74, 6) is -0.694. The number of H-pyrrole nitrogens is 1. The number of benzene rings is 1. The molecule has 0 bridgehead atoms. The van der Waals surface area contributed by atoms with Crippen molar-refractivity contribution in [2.75, 3.05) is 5.73 Å². The predicted molar refractivity (Wildman–Crippen MR) is 94.2 cm³/mol. The van der Waals surface area contributed by atoms with Gasteiger partial charge in [-0.25, -0.2) is 9.37 Å². The summed E-state index contributed by atoms with van der Waals surface area (Å²) in [5.41, 5.74) is 9.83. The van der Waals surface area contributed by atoms with E-state index in [9.17, 15) is 9.18 Å². The molecule has 6 heteroatoms. The number of carbonyl (C=O) groups is 1. The summed E-state index contributed by atoms with van der Waals surface area (Å²) >= 11 is 0. The third-order valence-corrected chi connectivity index (χ3v) is 4.81. The molecule has 5 nitrogen and oxygen atoms in total. The topological polar surface area (TPSA) is 76.2 Å². The number of carbonyl (C=O) groups excluding carboxylic acids is 1. The summed E-state index contributed by atoms with van der Waals surface area (Å²) in [6.45, 7) is 0. The van der Waals surface area contributed by atoms with Gasteiger partial charge in [0.05, 0.1) is 5.92 Å². The van der Waals surface area contributed by atoms with Crippen molar-refractivity contribution in [1.82, 2.24) is 14.4 Å². The zero-order chi connectivity index (χ0) is 17.1. The van der Waals surface area contributed by atoms with Crippen LogP contribution in [0.2, 0.25) is 0 Å². The Hall–Kier alpha value is -3.15. The molecule has 1 aliphatic rings. The lowest BCUT2D eigenvalue weighted by molar-refractivity contribution is 0.0952. The first-order valence-electron chi connectivity index (χ1n) is 8.15. The van der Waals surface area contributed by atoms with Crippen LogP contribution in [-0.4, -0.2) is 26.3 Å². The number of imidazole rings is 1. The van der Waals surface area contributed by atoms with Gasteiger partial charge in [0.25, 0.3) is 0 Å². The highest BCUT2D eigenvalue weighted by atomic mass is 19.1. The molecule has 3 N–H and O–H groups in total. The fourth-order valence-electron chi connectivity index (χ4n) is 3.32. The van der Waals surface area contributed by atoms with E-state index in [2.05, 4.69) is 16.0 Å². The number of Topliss-reactive ketones (excluding diaryl/α,β-unsaturated/α-hetero) is 1. The number of nitrogen functional groups attached to an aromatic ring is 1. The molecule has 0 amide bonds. The van der Waals surface area contributed by atoms with E-state index in [0.717, 1.165) is 22.0 Å². The van der Waals surface area contributed by atoms with Gasteiger partial charge in [-0.2, -0.15) is 0 Å². The van der Waals surface area contributed by atoms with Crippen LogP contribution in [0, 0.1) is 5.92 Å². The number of nitrogens with two attached hydrogens (primary N) is 1. The number of anilines is 1. The van der Waals surface area contributed by atoms with Crippen molar-refractivity contribution in [3.8, 4) is 11.1 Å². The summed E-state index contributed by atoms with van der Waals surface area (Å²) in [5, 5.41) is 1.11. The third-order valence-electron chi connectivity index (χ3n) is 4.81. The van der Waals surface area contributed by atoms with Gasteiger partial charge in [0.15, 0.2) is 11.6 Å². The zero-order valence-electron chi connectivity index (χ0n) is 13.2. The summed E-state index contributed by atoms with van der Waals surface area (Å²) in [6, 6.07) is 11.9. The van der Waals surface area contributed by atoms with E-state index < -0.39 is 12.1 Å². The quantitative estimate of drug-likeness (QED) is 0.562. The average Bonchev–Trinajstić information content (AvgIpc) is 3.04. The molecule has 2 atom stereocenters. The second kappa shape index (κ2) is 4.92. The van der Waals surface area contributed by atoms with Crippen molar-refractivity contribution in [2.24, 2.45) is 5.92 Å². The number of aromatic nitrogens is 3. The number of rotatable bonds is 3. The van der Waals surface area contributed by atoms with Crippen LogP contribution in [0.4, 0.5) is 10.2 Å². The Bertz CT molecular complexity index is 1140. The second-order valence-electron chi connectivity index (χ2n) is 6.49. The van der Waals surface area contributed by atoms with E-state index in [1.54, 1.807) is 4.40 Å². The van der Waals surface area contributed by atoms with E-state index in [4.69, 9.17) is 5.73 Å². The number of nitrogens with one attached hydrogen (secondary N) is 1. The van der Waals surface area contributed by atoms with Crippen LogP contribution in [0.25, 0.3) is 27.7 Å². The number of pyridine rings is 1. The second-order valence-corrected chi connectivity index (χ2v) is 6.49. The van der Waals surface area contributed by atoms with Crippen molar-refractivity contribution in [3.05, 3.63) is 54.5 Å². The van der Waals surface area contributed by atoms with E-state index in [-0.39, 0.29) is 23.7 Å². The lowest BCUT2D eigenvalue weighted by Gasteiger charge is -2.06. The Morgan fingerprint density at radius 3 is 2.84 bits per heavy atom. The summed E-state index contributed by atoms with van der Waals surface area (Å²) in [7, 11) is 0. The molecule has 1 aromatic carbocycles. The lowest BCUT2D eigenvalue weighted by atomic mass is 10.1. The van der Waals surface area contributed by atoms with E-state index in [1.165, 1.54) is 0 Å². The smallest absolute Gasteiger partial charge is 0.189 e. The molecule has 1 aliphatic carbocycles. The fourth-order valence-corrected chi connectivity index (χ4v) is 3.32. The standard InChI is InChI=1S/C19H15FN4O/c20-14-8-13(14)18(25)17-19(21)23-16-4-2-12(9-24(16)17)10-1-3-15-11(7-10)5-6-22-15/h1-7,9,13-14,22H,8,21H2/t13-,14+/m0/s1. The summed E-state index contributed by atoms with van der Waals surface area (Å²) in [6.07, 6.45) is 2.95. The van der Waals surface area contributed by atoms with Crippen molar-refractivity contribution < 1.29 is 9.18 Å². The first-order chi connectivity index (χ1) is 12.1. The Kier molecular flexibility index (Phi) is 2.80. The maximum Gasteiger partial charge on any atom is 0.189 e. The van der Waals surface area contributed by atoms with E-state index >= 15 is 0 Å². The van der Waals surface area contributed by atoms with Gasteiger partial charge in [0.2, 0.25) is 0 Å². The molecule has 0 aliphatic heterocycles. The molecule has 3 aromatic heterocycles. The molecular weight excluding hydrogens is 319 g/mol. The number of ketones is 1. The fraction of sp³-hybridized carbons (Fsp3) is 0.158. The number of hydrogen-bond donors (Lipinski definition) is 2. The zero-order valence-corrected chi connectivity index (χ0v) is 13.2. The first-order valence-corrected chi connectivity index (χ1v) is 8.15. The van der Waals surface area contributed by atoms with Crippen molar-refractivity contribution >= 4 is 28.2 Å². The Balaban J connectivity index is 1.66. The van der Waals surface area contributed by atoms with Gasteiger partial charge in [-0.3, -0.25) is 9.20 Å². The molecular formula is C19H15FN4O. The molecule has 5 rings (SSSR count). The predicted octanol–water partition coefficient (Wildman–Crippen LogP) is 3.61. The normalized spacial score (nSPS) is 19.6. The molecule has 1 fully saturated rings. The van der Waals surface area contributed by atoms with E-state index in [1.807, 2.05) is 42.7 Å². The van der Waals surface area contributed by atoms with Gasteiger partial charge in [-0.05, 0) is 53.3 Å². The molecule has 0 spiro atoms. The highest BCUT2D eigenvalue weighted by molar-refractivity contribution is 6.03. The molecule has 4 aromatic rings. The number of halogens is 1. The minimum Gasteiger partial charge on any atom is -0.382 e.